The fourth-order valence-corrected chi connectivity index (χ4v) is 5.35. The molecule has 7 nitrogen and oxygen atoms in total. The number of hydrogen-bond acceptors (Lipinski definition) is 7. The lowest BCUT2D eigenvalue weighted by atomic mass is 10.2. The molecule has 0 radical (unpaired) electrons. The van der Waals surface area contributed by atoms with Crippen molar-refractivity contribution in [3.8, 4) is 10.6 Å². The molecular formula is C18H21N5O2S2. The SMILES string of the molecule is CCS(=O)(=O)N1CCN(c2cnc(N)c(-c3cc4ccccc4s3)n2)CC1. The smallest absolute Gasteiger partial charge is 0.213 e. The third-order valence-corrected chi connectivity index (χ3v) is 7.77. The number of rotatable bonds is 4. The monoisotopic (exact) mass is 403 g/mol. The molecule has 27 heavy (non-hydrogen) atoms. The van der Waals surface area contributed by atoms with E-state index in [4.69, 9.17) is 10.7 Å². The van der Waals surface area contributed by atoms with Crippen molar-refractivity contribution < 1.29 is 8.42 Å². The summed E-state index contributed by atoms with van der Waals surface area (Å²) in [4.78, 5) is 12.1. The van der Waals surface area contributed by atoms with Gasteiger partial charge in [0.2, 0.25) is 10.0 Å². The third-order valence-electron chi connectivity index (χ3n) is 4.77. The van der Waals surface area contributed by atoms with Gasteiger partial charge in [-0.3, -0.25) is 0 Å². The first-order valence-electron chi connectivity index (χ1n) is 8.82. The molecule has 1 aliphatic rings. The first-order valence-corrected chi connectivity index (χ1v) is 11.2. The molecule has 2 N–H and O–H groups in total. The summed E-state index contributed by atoms with van der Waals surface area (Å²) in [6, 6.07) is 10.2. The molecule has 0 aliphatic carbocycles. The largest absolute Gasteiger partial charge is 0.382 e. The van der Waals surface area contributed by atoms with Gasteiger partial charge in [0, 0.05) is 30.9 Å². The van der Waals surface area contributed by atoms with Gasteiger partial charge in [-0.2, -0.15) is 4.31 Å². The minimum atomic E-state index is -3.15. The Labute approximate surface area is 162 Å². The number of anilines is 2. The molecular weight excluding hydrogens is 382 g/mol. The minimum absolute atomic E-state index is 0.130. The van der Waals surface area contributed by atoms with Gasteiger partial charge < -0.3 is 10.6 Å². The lowest BCUT2D eigenvalue weighted by Crippen LogP contribution is -2.49. The minimum Gasteiger partial charge on any atom is -0.382 e. The Balaban J connectivity index is 1.60. The number of hydrogen-bond donors (Lipinski definition) is 1. The van der Waals surface area contributed by atoms with Crippen molar-refractivity contribution in [3.63, 3.8) is 0 Å². The van der Waals surface area contributed by atoms with Crippen molar-refractivity contribution in [1.29, 1.82) is 0 Å². The summed E-state index contributed by atoms with van der Waals surface area (Å²) in [6.07, 6.45) is 1.66. The fraction of sp³-hybridized carbons (Fsp3) is 0.333. The van der Waals surface area contributed by atoms with Gasteiger partial charge in [0.25, 0.3) is 0 Å². The predicted molar refractivity (Wildman–Crippen MR) is 111 cm³/mol. The molecule has 1 fully saturated rings. The van der Waals surface area contributed by atoms with E-state index in [1.807, 2.05) is 12.1 Å². The fourth-order valence-electron chi connectivity index (χ4n) is 3.20. The highest BCUT2D eigenvalue weighted by Gasteiger charge is 2.26. The summed E-state index contributed by atoms with van der Waals surface area (Å²) in [5.41, 5.74) is 6.78. The lowest BCUT2D eigenvalue weighted by molar-refractivity contribution is 0.384. The van der Waals surface area contributed by atoms with Crippen molar-refractivity contribution in [2.45, 2.75) is 6.92 Å². The summed E-state index contributed by atoms with van der Waals surface area (Å²) in [5, 5.41) is 1.16. The Morgan fingerprint density at radius 2 is 1.93 bits per heavy atom. The van der Waals surface area contributed by atoms with Gasteiger partial charge in [-0.1, -0.05) is 18.2 Å². The quantitative estimate of drug-likeness (QED) is 0.719. The zero-order chi connectivity index (χ0) is 19.0. The highest BCUT2D eigenvalue weighted by atomic mass is 32.2. The number of piperazine rings is 1. The molecule has 1 aromatic carbocycles. The Bertz CT molecular complexity index is 1040. The third kappa shape index (κ3) is 3.50. The van der Waals surface area contributed by atoms with E-state index in [-0.39, 0.29) is 5.75 Å². The van der Waals surface area contributed by atoms with Crippen LogP contribution < -0.4 is 10.6 Å². The summed E-state index contributed by atoms with van der Waals surface area (Å²) >= 11 is 1.64. The maximum Gasteiger partial charge on any atom is 0.213 e. The normalized spacial score (nSPS) is 16.1. The average molecular weight is 404 g/mol. The topological polar surface area (TPSA) is 92.4 Å². The highest BCUT2D eigenvalue weighted by Crippen LogP contribution is 2.35. The van der Waals surface area contributed by atoms with Crippen molar-refractivity contribution in [1.82, 2.24) is 14.3 Å². The Morgan fingerprint density at radius 3 is 2.63 bits per heavy atom. The maximum absolute atomic E-state index is 12.0. The van der Waals surface area contributed by atoms with E-state index in [1.54, 1.807) is 28.8 Å². The number of nitrogens with zero attached hydrogens (tertiary/aromatic N) is 4. The van der Waals surface area contributed by atoms with E-state index >= 15 is 0 Å². The van der Waals surface area contributed by atoms with Crippen LogP contribution in [0, 0.1) is 0 Å². The van der Waals surface area contributed by atoms with E-state index in [9.17, 15) is 8.42 Å². The number of nitrogen functional groups attached to an aromatic ring is 1. The Kier molecular flexibility index (Phi) is 4.75. The average Bonchev–Trinajstić information content (AvgIpc) is 3.12. The van der Waals surface area contributed by atoms with Crippen LogP contribution in [0.3, 0.4) is 0 Å². The van der Waals surface area contributed by atoms with Crippen LogP contribution in [0.4, 0.5) is 11.6 Å². The van der Waals surface area contributed by atoms with Crippen LogP contribution in [0.1, 0.15) is 6.92 Å². The predicted octanol–water partition coefficient (Wildman–Crippen LogP) is 2.41. The van der Waals surface area contributed by atoms with Gasteiger partial charge in [-0.15, -0.1) is 11.3 Å². The summed E-state index contributed by atoms with van der Waals surface area (Å²) in [6.45, 7) is 3.76. The molecule has 0 amide bonds. The molecule has 3 heterocycles. The summed E-state index contributed by atoms with van der Waals surface area (Å²) < 4.78 is 26.8. The molecule has 4 rings (SSSR count). The zero-order valence-electron chi connectivity index (χ0n) is 15.0. The van der Waals surface area contributed by atoms with Crippen LogP contribution in [0.25, 0.3) is 20.7 Å². The van der Waals surface area contributed by atoms with E-state index < -0.39 is 10.0 Å². The number of nitrogens with two attached hydrogens (primary N) is 1. The summed E-state index contributed by atoms with van der Waals surface area (Å²) in [5.74, 6) is 1.26. The van der Waals surface area contributed by atoms with Crippen LogP contribution >= 0.6 is 11.3 Å². The molecule has 1 aliphatic heterocycles. The van der Waals surface area contributed by atoms with Crippen LogP contribution in [0.15, 0.2) is 36.5 Å². The van der Waals surface area contributed by atoms with Crippen LogP contribution in [-0.4, -0.2) is 54.6 Å². The number of aromatic nitrogens is 2. The number of fused-ring (bicyclic) bond motifs is 1. The van der Waals surface area contributed by atoms with Gasteiger partial charge in [0.05, 0.1) is 16.8 Å². The molecule has 3 aromatic rings. The molecule has 9 heteroatoms. The van der Waals surface area contributed by atoms with E-state index in [0.717, 1.165) is 16.1 Å². The molecule has 1 saturated heterocycles. The van der Waals surface area contributed by atoms with Crippen molar-refractivity contribution in [3.05, 3.63) is 36.5 Å². The van der Waals surface area contributed by atoms with Crippen molar-refractivity contribution >= 4 is 43.1 Å². The highest BCUT2D eigenvalue weighted by molar-refractivity contribution is 7.89. The van der Waals surface area contributed by atoms with E-state index in [2.05, 4.69) is 28.1 Å². The van der Waals surface area contributed by atoms with Gasteiger partial charge in [-0.05, 0) is 24.4 Å². The molecule has 0 spiro atoms. The Hall–Kier alpha value is -2.23. The van der Waals surface area contributed by atoms with E-state index in [1.165, 1.54) is 4.70 Å². The second-order valence-corrected chi connectivity index (χ2v) is 9.74. The first kappa shape index (κ1) is 18.1. The van der Waals surface area contributed by atoms with Crippen LogP contribution in [0.2, 0.25) is 0 Å². The number of thiophene rings is 1. The van der Waals surface area contributed by atoms with Crippen LogP contribution in [-0.2, 0) is 10.0 Å². The van der Waals surface area contributed by atoms with Gasteiger partial charge >= 0.3 is 0 Å². The van der Waals surface area contributed by atoms with Gasteiger partial charge in [0.1, 0.15) is 11.5 Å². The second kappa shape index (κ2) is 7.06. The van der Waals surface area contributed by atoms with Crippen molar-refractivity contribution in [2.75, 3.05) is 42.6 Å². The Morgan fingerprint density at radius 1 is 1.19 bits per heavy atom. The molecule has 142 valence electrons. The molecule has 0 bridgehead atoms. The lowest BCUT2D eigenvalue weighted by Gasteiger charge is -2.34. The van der Waals surface area contributed by atoms with Crippen molar-refractivity contribution in [2.24, 2.45) is 0 Å². The van der Waals surface area contributed by atoms with Gasteiger partial charge in [-0.25, -0.2) is 18.4 Å². The molecule has 2 aromatic heterocycles. The zero-order valence-corrected chi connectivity index (χ0v) is 16.6. The number of benzene rings is 1. The standard InChI is InChI=1S/C18H21N5O2S2/c1-2-27(24,25)23-9-7-22(8-10-23)16-12-20-18(19)17(21-16)15-11-13-5-3-4-6-14(13)26-15/h3-6,11-12H,2,7-10H2,1H3,(H2,19,20). The summed E-state index contributed by atoms with van der Waals surface area (Å²) in [7, 11) is -3.15. The van der Waals surface area contributed by atoms with Crippen LogP contribution in [0.5, 0.6) is 0 Å². The maximum atomic E-state index is 12.0. The molecule has 0 saturated carbocycles. The number of sulfonamides is 1. The van der Waals surface area contributed by atoms with E-state index in [0.29, 0.717) is 37.7 Å². The first-order chi connectivity index (χ1) is 13.0. The molecule has 0 unspecified atom stereocenters. The molecule has 0 atom stereocenters. The van der Waals surface area contributed by atoms with Gasteiger partial charge in [0.15, 0.2) is 5.82 Å². The second-order valence-electron chi connectivity index (χ2n) is 6.40.